The molecule has 0 spiro atoms. The van der Waals surface area contributed by atoms with Gasteiger partial charge in [0.25, 0.3) is 0 Å². The van der Waals surface area contributed by atoms with Gasteiger partial charge in [-0.2, -0.15) is 0 Å². The molecule has 7 heteroatoms. The predicted octanol–water partition coefficient (Wildman–Crippen LogP) is 0.475. The monoisotopic (exact) mass is 213 g/mol. The van der Waals surface area contributed by atoms with Gasteiger partial charge in [-0.05, 0) is 6.42 Å². The second-order valence-electron chi connectivity index (χ2n) is 2.97. The number of unbranched alkanes of at least 4 members (excludes halogenated alkanes) is 1. The molecule has 0 aliphatic rings. The molecule has 82 valence electrons. The van der Waals surface area contributed by atoms with Gasteiger partial charge in [0, 0.05) is 6.54 Å². The first-order valence-corrected chi connectivity index (χ1v) is 4.48. The van der Waals surface area contributed by atoms with Crippen LogP contribution < -0.4 is 0 Å². The van der Waals surface area contributed by atoms with Crippen LogP contribution in [0.4, 0.5) is 0 Å². The summed E-state index contributed by atoms with van der Waals surface area (Å²) in [5.41, 5.74) is -0.880. The van der Waals surface area contributed by atoms with Gasteiger partial charge < -0.3 is 10.2 Å². The number of aromatic carboxylic acids is 2. The number of nitrogens with zero attached hydrogens (tertiary/aromatic N) is 3. The van der Waals surface area contributed by atoms with Crippen LogP contribution >= 0.6 is 0 Å². The average Bonchev–Trinajstić information content (AvgIpc) is 2.58. The number of carboxylic acid groups (broad SMARTS) is 2. The van der Waals surface area contributed by atoms with Crippen molar-refractivity contribution in [2.45, 2.75) is 26.3 Å². The Kier molecular flexibility index (Phi) is 3.37. The number of aryl methyl sites for hydroxylation is 1. The van der Waals surface area contributed by atoms with E-state index in [0.29, 0.717) is 6.54 Å². The van der Waals surface area contributed by atoms with Gasteiger partial charge in [0.2, 0.25) is 5.69 Å². The average molecular weight is 213 g/mol. The Morgan fingerprint density at radius 2 is 2.00 bits per heavy atom. The maximum atomic E-state index is 10.8. The fourth-order valence-electron chi connectivity index (χ4n) is 1.13. The van der Waals surface area contributed by atoms with Crippen molar-refractivity contribution in [3.8, 4) is 0 Å². The summed E-state index contributed by atoms with van der Waals surface area (Å²) < 4.78 is 1.11. The third kappa shape index (κ3) is 2.30. The van der Waals surface area contributed by atoms with Crippen molar-refractivity contribution in [3.05, 3.63) is 11.4 Å². The smallest absolute Gasteiger partial charge is 0.359 e. The van der Waals surface area contributed by atoms with Crippen molar-refractivity contribution in [2.75, 3.05) is 0 Å². The summed E-state index contributed by atoms with van der Waals surface area (Å²) in [4.78, 5) is 21.4. The van der Waals surface area contributed by atoms with E-state index in [1.165, 1.54) is 0 Å². The van der Waals surface area contributed by atoms with Crippen molar-refractivity contribution in [1.29, 1.82) is 0 Å². The van der Waals surface area contributed by atoms with Crippen molar-refractivity contribution in [3.63, 3.8) is 0 Å². The third-order valence-electron chi connectivity index (χ3n) is 1.86. The maximum Gasteiger partial charge on any atom is 0.359 e. The summed E-state index contributed by atoms with van der Waals surface area (Å²) in [5.74, 6) is -2.70. The molecule has 7 nitrogen and oxygen atoms in total. The molecule has 0 atom stereocenters. The molecular formula is C8H11N3O4. The van der Waals surface area contributed by atoms with Gasteiger partial charge in [0.05, 0.1) is 0 Å². The van der Waals surface area contributed by atoms with E-state index >= 15 is 0 Å². The number of hydrogen-bond donors (Lipinski definition) is 2. The van der Waals surface area contributed by atoms with Crippen LogP contribution in [0.1, 0.15) is 40.7 Å². The van der Waals surface area contributed by atoms with Crippen LogP contribution in [-0.2, 0) is 6.54 Å². The first-order valence-electron chi connectivity index (χ1n) is 4.48. The molecule has 0 aliphatic carbocycles. The molecule has 2 N–H and O–H groups in total. The van der Waals surface area contributed by atoms with E-state index in [0.717, 1.165) is 17.5 Å². The van der Waals surface area contributed by atoms with Crippen molar-refractivity contribution in [1.82, 2.24) is 15.0 Å². The van der Waals surface area contributed by atoms with Gasteiger partial charge in [-0.3, -0.25) is 0 Å². The lowest BCUT2D eigenvalue weighted by Gasteiger charge is -2.01. The molecule has 1 aromatic rings. The van der Waals surface area contributed by atoms with Crippen LogP contribution in [0.2, 0.25) is 0 Å². The second-order valence-corrected chi connectivity index (χ2v) is 2.97. The highest BCUT2D eigenvalue weighted by Crippen LogP contribution is 2.07. The number of aromatic nitrogens is 3. The lowest BCUT2D eigenvalue weighted by Crippen LogP contribution is -2.13. The van der Waals surface area contributed by atoms with E-state index < -0.39 is 17.6 Å². The van der Waals surface area contributed by atoms with Gasteiger partial charge >= 0.3 is 11.9 Å². The molecule has 0 fully saturated rings. The third-order valence-corrected chi connectivity index (χ3v) is 1.86. The molecular weight excluding hydrogens is 202 g/mol. The van der Waals surface area contributed by atoms with E-state index in [4.69, 9.17) is 10.2 Å². The number of carboxylic acids is 2. The van der Waals surface area contributed by atoms with E-state index in [1.807, 2.05) is 6.92 Å². The zero-order chi connectivity index (χ0) is 11.4. The fraction of sp³-hybridized carbons (Fsp3) is 0.500. The second kappa shape index (κ2) is 4.54. The lowest BCUT2D eigenvalue weighted by molar-refractivity contribution is 0.0640. The minimum Gasteiger partial charge on any atom is -0.476 e. The normalized spacial score (nSPS) is 10.2. The van der Waals surface area contributed by atoms with E-state index in [1.54, 1.807) is 0 Å². The molecule has 0 aromatic carbocycles. The minimum atomic E-state index is -1.38. The Bertz CT molecular complexity index is 385. The highest BCUT2D eigenvalue weighted by atomic mass is 16.4. The molecule has 0 bridgehead atoms. The summed E-state index contributed by atoms with van der Waals surface area (Å²) in [6.07, 6.45) is 1.59. The van der Waals surface area contributed by atoms with Crippen LogP contribution in [0.15, 0.2) is 0 Å². The van der Waals surface area contributed by atoms with Gasteiger partial charge in [-0.25, -0.2) is 14.3 Å². The Morgan fingerprint density at radius 3 is 2.47 bits per heavy atom. The largest absolute Gasteiger partial charge is 0.476 e. The first-order chi connectivity index (χ1) is 7.07. The lowest BCUT2D eigenvalue weighted by atomic mass is 10.3. The molecule has 0 saturated carbocycles. The van der Waals surface area contributed by atoms with Gasteiger partial charge in [0.15, 0.2) is 5.69 Å². The summed E-state index contributed by atoms with van der Waals surface area (Å²) in [7, 11) is 0. The molecule has 1 rings (SSSR count). The Labute approximate surface area is 85.3 Å². The van der Waals surface area contributed by atoms with E-state index in [-0.39, 0.29) is 5.69 Å². The maximum absolute atomic E-state index is 10.8. The van der Waals surface area contributed by atoms with Crippen LogP contribution in [-0.4, -0.2) is 37.1 Å². The highest BCUT2D eigenvalue weighted by molar-refractivity contribution is 5.98. The van der Waals surface area contributed by atoms with Crippen LogP contribution in [0.3, 0.4) is 0 Å². The predicted molar refractivity (Wildman–Crippen MR) is 48.8 cm³/mol. The SMILES string of the molecule is CCCCn1nnc(C(=O)O)c1C(=O)O. The molecule has 15 heavy (non-hydrogen) atoms. The van der Waals surface area contributed by atoms with Crippen LogP contribution in [0.25, 0.3) is 0 Å². The van der Waals surface area contributed by atoms with E-state index in [9.17, 15) is 9.59 Å². The zero-order valence-electron chi connectivity index (χ0n) is 8.17. The molecule has 0 radical (unpaired) electrons. The van der Waals surface area contributed by atoms with Crippen molar-refractivity contribution >= 4 is 11.9 Å². The van der Waals surface area contributed by atoms with Crippen LogP contribution in [0, 0.1) is 0 Å². The Hall–Kier alpha value is -1.92. The number of rotatable bonds is 5. The molecule has 0 amide bonds. The first kappa shape index (κ1) is 11.2. The quantitative estimate of drug-likeness (QED) is 0.736. The van der Waals surface area contributed by atoms with Gasteiger partial charge in [0.1, 0.15) is 0 Å². The van der Waals surface area contributed by atoms with Crippen molar-refractivity contribution in [2.24, 2.45) is 0 Å². The molecule has 0 saturated heterocycles. The summed E-state index contributed by atoms with van der Waals surface area (Å²) in [5, 5.41) is 24.3. The summed E-state index contributed by atoms with van der Waals surface area (Å²) >= 11 is 0. The Morgan fingerprint density at radius 1 is 1.33 bits per heavy atom. The summed E-state index contributed by atoms with van der Waals surface area (Å²) in [6, 6.07) is 0. The van der Waals surface area contributed by atoms with Crippen molar-refractivity contribution < 1.29 is 19.8 Å². The zero-order valence-corrected chi connectivity index (χ0v) is 8.17. The fourth-order valence-corrected chi connectivity index (χ4v) is 1.13. The topological polar surface area (TPSA) is 105 Å². The number of hydrogen-bond acceptors (Lipinski definition) is 4. The van der Waals surface area contributed by atoms with Gasteiger partial charge in [-0.15, -0.1) is 5.10 Å². The van der Waals surface area contributed by atoms with Gasteiger partial charge in [-0.1, -0.05) is 18.6 Å². The minimum absolute atomic E-state index is 0.360. The van der Waals surface area contributed by atoms with E-state index in [2.05, 4.69) is 10.3 Å². The highest BCUT2D eigenvalue weighted by Gasteiger charge is 2.24. The molecule has 0 aliphatic heterocycles. The standard InChI is InChI=1S/C8H11N3O4/c1-2-3-4-11-6(8(14)15)5(7(12)13)9-10-11/h2-4H2,1H3,(H,12,13)(H,14,15). The number of carbonyl (C=O) groups is 2. The Balaban J connectivity index is 3.06. The summed E-state index contributed by atoms with van der Waals surface area (Å²) in [6.45, 7) is 2.30. The molecule has 0 unspecified atom stereocenters. The molecule has 1 aromatic heterocycles. The molecule has 1 heterocycles. The van der Waals surface area contributed by atoms with Crippen LogP contribution in [0.5, 0.6) is 0 Å².